The van der Waals surface area contributed by atoms with E-state index in [0.29, 0.717) is 5.56 Å². The van der Waals surface area contributed by atoms with Crippen LogP contribution in [0, 0.1) is 13.8 Å². The van der Waals surface area contributed by atoms with Crippen LogP contribution in [0.1, 0.15) is 16.7 Å². The maximum atomic E-state index is 12.2. The second kappa shape index (κ2) is 9.65. The summed E-state index contributed by atoms with van der Waals surface area (Å²) in [6.45, 7) is 2.92. The minimum Gasteiger partial charge on any atom is -0.484 e. The van der Waals surface area contributed by atoms with E-state index in [2.05, 4.69) is 10.3 Å². The van der Waals surface area contributed by atoms with Gasteiger partial charge in [-0.25, -0.2) is 4.99 Å². The van der Waals surface area contributed by atoms with Gasteiger partial charge < -0.3 is 15.8 Å². The van der Waals surface area contributed by atoms with Gasteiger partial charge in [0.2, 0.25) is 0 Å². The predicted molar refractivity (Wildman–Crippen MR) is 108 cm³/mol. The SMILES string of the molecule is Cc1ccc(NC(N)=NCc2cccc(OCC(F)(F)F)c2)cc1C.I. The number of nitrogens with zero attached hydrogens (tertiary/aromatic N) is 1. The number of rotatable bonds is 5. The third kappa shape index (κ3) is 7.51. The summed E-state index contributed by atoms with van der Waals surface area (Å²) >= 11 is 0. The number of aliphatic imine (C=N–C) groups is 1. The Bertz CT molecular complexity index is 764. The quantitative estimate of drug-likeness (QED) is 0.369. The van der Waals surface area contributed by atoms with Gasteiger partial charge in [-0.1, -0.05) is 18.2 Å². The number of aryl methyl sites for hydroxylation is 2. The number of alkyl halides is 3. The van der Waals surface area contributed by atoms with Crippen LogP contribution in [0.2, 0.25) is 0 Å². The molecule has 0 spiro atoms. The first-order valence-corrected chi connectivity index (χ1v) is 7.65. The zero-order valence-electron chi connectivity index (χ0n) is 14.4. The van der Waals surface area contributed by atoms with Gasteiger partial charge in [0.25, 0.3) is 0 Å². The van der Waals surface area contributed by atoms with E-state index < -0.39 is 12.8 Å². The fourth-order valence-corrected chi connectivity index (χ4v) is 2.08. The van der Waals surface area contributed by atoms with Crippen LogP contribution in [0.4, 0.5) is 18.9 Å². The fourth-order valence-electron chi connectivity index (χ4n) is 2.08. The summed E-state index contributed by atoms with van der Waals surface area (Å²) in [4.78, 5) is 4.20. The van der Waals surface area contributed by atoms with E-state index in [-0.39, 0.29) is 42.2 Å². The van der Waals surface area contributed by atoms with Gasteiger partial charge >= 0.3 is 6.18 Å². The van der Waals surface area contributed by atoms with Gasteiger partial charge in [-0.05, 0) is 54.8 Å². The van der Waals surface area contributed by atoms with Crippen molar-refractivity contribution in [3.63, 3.8) is 0 Å². The fraction of sp³-hybridized carbons (Fsp3) is 0.278. The molecule has 0 radical (unpaired) electrons. The van der Waals surface area contributed by atoms with Gasteiger partial charge in [0, 0.05) is 5.69 Å². The molecule has 2 rings (SSSR count). The van der Waals surface area contributed by atoms with E-state index in [4.69, 9.17) is 10.5 Å². The van der Waals surface area contributed by atoms with E-state index in [1.54, 1.807) is 12.1 Å². The van der Waals surface area contributed by atoms with Crippen LogP contribution in [0.3, 0.4) is 0 Å². The summed E-state index contributed by atoms with van der Waals surface area (Å²) < 4.78 is 41.3. The first-order chi connectivity index (χ1) is 11.7. The number of hydrogen-bond donors (Lipinski definition) is 2. The van der Waals surface area contributed by atoms with Crippen molar-refractivity contribution >= 4 is 35.6 Å². The second-order valence-corrected chi connectivity index (χ2v) is 5.68. The van der Waals surface area contributed by atoms with Crippen molar-refractivity contribution in [2.24, 2.45) is 10.7 Å². The smallest absolute Gasteiger partial charge is 0.422 e. The molecule has 0 amide bonds. The van der Waals surface area contributed by atoms with Crippen LogP contribution < -0.4 is 15.8 Å². The van der Waals surface area contributed by atoms with Gasteiger partial charge in [-0.15, -0.1) is 24.0 Å². The second-order valence-electron chi connectivity index (χ2n) is 5.68. The highest BCUT2D eigenvalue weighted by Crippen LogP contribution is 2.20. The summed E-state index contributed by atoms with van der Waals surface area (Å²) in [7, 11) is 0. The molecule has 0 unspecified atom stereocenters. The minimum atomic E-state index is -4.37. The lowest BCUT2D eigenvalue weighted by molar-refractivity contribution is -0.153. The van der Waals surface area contributed by atoms with Crippen molar-refractivity contribution in [3.05, 3.63) is 59.2 Å². The molecule has 0 atom stereocenters. The number of halogens is 4. The highest BCUT2D eigenvalue weighted by molar-refractivity contribution is 14.0. The van der Waals surface area contributed by atoms with Crippen LogP contribution in [0.5, 0.6) is 5.75 Å². The summed E-state index contributed by atoms with van der Waals surface area (Å²) in [6, 6.07) is 12.2. The van der Waals surface area contributed by atoms with Gasteiger partial charge in [0.1, 0.15) is 5.75 Å². The summed E-state index contributed by atoms with van der Waals surface area (Å²) in [5.74, 6) is 0.371. The van der Waals surface area contributed by atoms with Crippen LogP contribution in [-0.4, -0.2) is 18.7 Å². The molecule has 0 heterocycles. The average molecular weight is 479 g/mol. The van der Waals surface area contributed by atoms with Gasteiger partial charge in [-0.2, -0.15) is 13.2 Å². The van der Waals surface area contributed by atoms with Crippen molar-refractivity contribution < 1.29 is 17.9 Å². The Hall–Kier alpha value is -1.97. The zero-order chi connectivity index (χ0) is 18.4. The number of hydrogen-bond acceptors (Lipinski definition) is 2. The van der Waals surface area contributed by atoms with E-state index in [1.807, 2.05) is 32.0 Å². The van der Waals surface area contributed by atoms with E-state index >= 15 is 0 Å². The van der Waals surface area contributed by atoms with Crippen LogP contribution in [0.15, 0.2) is 47.5 Å². The van der Waals surface area contributed by atoms with Gasteiger partial charge in [0.05, 0.1) is 6.54 Å². The minimum absolute atomic E-state index is 0. The summed E-state index contributed by atoms with van der Waals surface area (Å²) in [6.07, 6.45) is -4.37. The van der Waals surface area contributed by atoms with Gasteiger partial charge in [0.15, 0.2) is 12.6 Å². The molecule has 0 saturated heterocycles. The molecule has 0 aliphatic rings. The van der Waals surface area contributed by atoms with E-state index in [1.165, 1.54) is 17.7 Å². The highest BCUT2D eigenvalue weighted by Gasteiger charge is 2.28. The molecule has 0 bridgehead atoms. The molecule has 0 aliphatic carbocycles. The number of ether oxygens (including phenoxy) is 1. The Labute approximate surface area is 167 Å². The van der Waals surface area contributed by atoms with Crippen LogP contribution in [0.25, 0.3) is 0 Å². The van der Waals surface area contributed by atoms with Gasteiger partial charge in [-0.3, -0.25) is 0 Å². The molecule has 0 fully saturated rings. The normalized spacial score (nSPS) is 11.7. The number of nitrogens with two attached hydrogens (primary N) is 1. The molecule has 0 aliphatic heterocycles. The molecule has 2 aromatic carbocycles. The Kier molecular flexibility index (Phi) is 8.19. The number of nitrogens with one attached hydrogen (secondary N) is 1. The molecule has 142 valence electrons. The molecule has 0 aromatic heterocycles. The Morgan fingerprint density at radius 2 is 1.85 bits per heavy atom. The van der Waals surface area contributed by atoms with Crippen molar-refractivity contribution in [2.75, 3.05) is 11.9 Å². The standard InChI is InChI=1S/C18H20F3N3O.HI/c1-12-6-7-15(8-13(12)2)24-17(22)23-10-14-4-3-5-16(9-14)25-11-18(19,20)21;/h3-9H,10-11H2,1-2H3,(H3,22,23,24);1H. The molecule has 26 heavy (non-hydrogen) atoms. The van der Waals surface area contributed by atoms with Crippen molar-refractivity contribution in [1.82, 2.24) is 0 Å². The van der Waals surface area contributed by atoms with Crippen molar-refractivity contribution in [2.45, 2.75) is 26.6 Å². The molecule has 0 saturated carbocycles. The lowest BCUT2D eigenvalue weighted by Crippen LogP contribution is -2.22. The zero-order valence-corrected chi connectivity index (χ0v) is 16.8. The summed E-state index contributed by atoms with van der Waals surface area (Å²) in [5.41, 5.74) is 9.69. The Morgan fingerprint density at radius 3 is 2.50 bits per heavy atom. The molecule has 3 N–H and O–H groups in total. The maximum Gasteiger partial charge on any atom is 0.422 e. The largest absolute Gasteiger partial charge is 0.484 e. The third-order valence-electron chi connectivity index (χ3n) is 3.51. The summed E-state index contributed by atoms with van der Waals surface area (Å²) in [5, 5.41) is 2.99. The molecular formula is C18H21F3IN3O. The predicted octanol–water partition coefficient (Wildman–Crippen LogP) is 4.79. The van der Waals surface area contributed by atoms with Crippen molar-refractivity contribution in [3.8, 4) is 5.75 Å². The Morgan fingerprint density at radius 1 is 1.12 bits per heavy atom. The third-order valence-corrected chi connectivity index (χ3v) is 3.51. The monoisotopic (exact) mass is 479 g/mol. The number of guanidine groups is 1. The average Bonchev–Trinajstić information content (AvgIpc) is 2.54. The van der Waals surface area contributed by atoms with E-state index in [0.717, 1.165) is 11.3 Å². The van der Waals surface area contributed by atoms with Crippen LogP contribution >= 0.6 is 24.0 Å². The number of anilines is 1. The lowest BCUT2D eigenvalue weighted by atomic mass is 10.1. The van der Waals surface area contributed by atoms with Crippen LogP contribution in [-0.2, 0) is 6.54 Å². The number of benzene rings is 2. The Balaban J connectivity index is 0.00000338. The molecular weight excluding hydrogens is 458 g/mol. The lowest BCUT2D eigenvalue weighted by Gasteiger charge is -2.10. The maximum absolute atomic E-state index is 12.2. The molecule has 4 nitrogen and oxygen atoms in total. The highest BCUT2D eigenvalue weighted by atomic mass is 127. The molecule has 8 heteroatoms. The van der Waals surface area contributed by atoms with E-state index in [9.17, 15) is 13.2 Å². The topological polar surface area (TPSA) is 59.6 Å². The molecule has 2 aromatic rings. The first-order valence-electron chi connectivity index (χ1n) is 7.65. The first kappa shape index (κ1) is 22.1. The van der Waals surface area contributed by atoms with Crippen molar-refractivity contribution in [1.29, 1.82) is 0 Å².